The molecule has 2 aromatic carbocycles. The Labute approximate surface area is 191 Å². The second-order valence-electron chi connectivity index (χ2n) is 7.01. The van der Waals surface area contributed by atoms with E-state index in [2.05, 4.69) is 15.5 Å². The highest BCUT2D eigenvalue weighted by molar-refractivity contribution is 6.30. The summed E-state index contributed by atoms with van der Waals surface area (Å²) in [6.45, 7) is -1.03. The average molecular weight is 488 g/mol. The first kappa shape index (κ1) is 24.0. The van der Waals surface area contributed by atoms with Crippen molar-refractivity contribution >= 4 is 29.1 Å². The molecule has 0 fully saturated rings. The second kappa shape index (κ2) is 9.89. The topological polar surface area (TPSA) is 88.2 Å². The van der Waals surface area contributed by atoms with Gasteiger partial charge in [0.1, 0.15) is 0 Å². The Balaban J connectivity index is 1.53. The third kappa shape index (κ3) is 5.79. The summed E-state index contributed by atoms with van der Waals surface area (Å²) in [4.78, 5) is 16.3. The fourth-order valence-corrected chi connectivity index (χ4v) is 3.13. The van der Waals surface area contributed by atoms with Gasteiger partial charge >= 0.3 is 6.18 Å². The lowest BCUT2D eigenvalue weighted by Gasteiger charge is -2.31. The van der Waals surface area contributed by atoms with Crippen molar-refractivity contribution in [1.29, 1.82) is 0 Å². The van der Waals surface area contributed by atoms with Crippen molar-refractivity contribution in [2.45, 2.75) is 31.0 Å². The van der Waals surface area contributed by atoms with Gasteiger partial charge in [0.05, 0.1) is 6.54 Å². The van der Waals surface area contributed by atoms with E-state index in [1.165, 1.54) is 12.1 Å². The predicted octanol–water partition coefficient (Wildman–Crippen LogP) is 4.93. The zero-order valence-electron chi connectivity index (χ0n) is 16.5. The molecular weight excluding hydrogens is 470 g/mol. The highest BCUT2D eigenvalue weighted by atomic mass is 35.5. The first-order chi connectivity index (χ1) is 15.1. The molecular formula is C21H18Cl2F3N3O3. The second-order valence-corrected chi connectivity index (χ2v) is 7.89. The lowest BCUT2D eigenvalue weighted by atomic mass is 9.93. The molecule has 1 atom stereocenters. The first-order valence-corrected chi connectivity index (χ1v) is 10.2. The van der Waals surface area contributed by atoms with Crippen LogP contribution in [0.1, 0.15) is 24.3 Å². The van der Waals surface area contributed by atoms with Gasteiger partial charge < -0.3 is 14.9 Å². The molecule has 170 valence electrons. The maximum Gasteiger partial charge on any atom is 0.423 e. The maximum absolute atomic E-state index is 13.5. The molecule has 0 saturated carbocycles. The molecule has 32 heavy (non-hydrogen) atoms. The number of aliphatic hydroxyl groups is 1. The molecule has 6 nitrogen and oxygen atoms in total. The van der Waals surface area contributed by atoms with Crippen molar-refractivity contribution < 1.29 is 27.6 Å². The summed E-state index contributed by atoms with van der Waals surface area (Å²) in [7, 11) is 0. The third-order valence-corrected chi connectivity index (χ3v) is 5.20. The number of nitrogens with zero attached hydrogens (tertiary/aromatic N) is 2. The summed E-state index contributed by atoms with van der Waals surface area (Å²) in [5.74, 6) is -0.00545. The van der Waals surface area contributed by atoms with Crippen molar-refractivity contribution in [2.24, 2.45) is 0 Å². The van der Waals surface area contributed by atoms with Crippen LogP contribution in [0.2, 0.25) is 10.0 Å². The van der Waals surface area contributed by atoms with Gasteiger partial charge in [-0.15, -0.1) is 0 Å². The van der Waals surface area contributed by atoms with Gasteiger partial charge in [0.2, 0.25) is 23.2 Å². The van der Waals surface area contributed by atoms with Gasteiger partial charge in [0.25, 0.3) is 0 Å². The van der Waals surface area contributed by atoms with E-state index in [1.54, 1.807) is 24.3 Å². The summed E-state index contributed by atoms with van der Waals surface area (Å²) in [6.07, 6.45) is -4.57. The number of amides is 1. The number of hydrogen-bond acceptors (Lipinski definition) is 5. The summed E-state index contributed by atoms with van der Waals surface area (Å²) in [6, 6.07) is 11.4. The average Bonchev–Trinajstić information content (AvgIpc) is 3.21. The molecule has 0 spiro atoms. The normalized spacial score (nSPS) is 13.6. The summed E-state index contributed by atoms with van der Waals surface area (Å²) in [5, 5.41) is 17.1. The number of aryl methyl sites for hydroxylation is 1. The lowest BCUT2D eigenvalue weighted by Crippen LogP contribution is -2.51. The van der Waals surface area contributed by atoms with Crippen molar-refractivity contribution in [3.8, 4) is 11.4 Å². The third-order valence-electron chi connectivity index (χ3n) is 4.70. The van der Waals surface area contributed by atoms with E-state index in [4.69, 9.17) is 27.7 Å². The van der Waals surface area contributed by atoms with Gasteiger partial charge in [-0.1, -0.05) is 40.5 Å². The van der Waals surface area contributed by atoms with E-state index in [1.807, 2.05) is 0 Å². The van der Waals surface area contributed by atoms with Crippen molar-refractivity contribution in [1.82, 2.24) is 15.5 Å². The quantitative estimate of drug-likeness (QED) is 0.470. The number of carbonyl (C=O) groups is 1. The molecule has 1 heterocycles. The molecule has 0 aliphatic heterocycles. The van der Waals surface area contributed by atoms with Crippen LogP contribution in [0.4, 0.5) is 13.2 Å². The van der Waals surface area contributed by atoms with E-state index in [0.29, 0.717) is 16.4 Å². The Kier molecular flexibility index (Phi) is 7.43. The largest absolute Gasteiger partial charge is 0.423 e. The predicted molar refractivity (Wildman–Crippen MR) is 112 cm³/mol. The number of aromatic nitrogens is 2. The molecule has 2 N–H and O–H groups in total. The molecule has 0 saturated heterocycles. The Morgan fingerprint density at radius 3 is 2.22 bits per heavy atom. The van der Waals surface area contributed by atoms with Crippen molar-refractivity contribution in [3.05, 3.63) is 70.0 Å². The maximum atomic E-state index is 13.5. The fraction of sp³-hybridized carbons (Fsp3) is 0.286. The molecule has 0 aliphatic rings. The van der Waals surface area contributed by atoms with Crippen LogP contribution in [-0.4, -0.2) is 33.9 Å². The number of alkyl halides is 3. The van der Waals surface area contributed by atoms with E-state index >= 15 is 0 Å². The Hall–Kier alpha value is -2.62. The highest BCUT2D eigenvalue weighted by Crippen LogP contribution is 2.38. The van der Waals surface area contributed by atoms with E-state index in [0.717, 1.165) is 12.1 Å². The van der Waals surface area contributed by atoms with Crippen LogP contribution < -0.4 is 5.32 Å². The first-order valence-electron chi connectivity index (χ1n) is 9.49. The van der Waals surface area contributed by atoms with Crippen LogP contribution in [-0.2, 0) is 16.8 Å². The molecule has 3 rings (SSSR count). The van der Waals surface area contributed by atoms with Gasteiger partial charge in [0.15, 0.2) is 0 Å². The van der Waals surface area contributed by atoms with Crippen molar-refractivity contribution in [2.75, 3.05) is 6.54 Å². The number of nitrogens with one attached hydrogen (secondary N) is 1. The molecule has 0 bridgehead atoms. The zero-order valence-corrected chi connectivity index (χ0v) is 18.0. The fourth-order valence-electron chi connectivity index (χ4n) is 2.88. The van der Waals surface area contributed by atoms with Gasteiger partial charge in [-0.05, 0) is 48.4 Å². The van der Waals surface area contributed by atoms with Crippen molar-refractivity contribution in [3.63, 3.8) is 0 Å². The zero-order chi connectivity index (χ0) is 23.4. The van der Waals surface area contributed by atoms with Crippen LogP contribution in [0.5, 0.6) is 0 Å². The van der Waals surface area contributed by atoms with E-state index in [-0.39, 0.29) is 30.2 Å². The van der Waals surface area contributed by atoms with Crippen LogP contribution in [0, 0.1) is 0 Å². The van der Waals surface area contributed by atoms with E-state index < -0.39 is 29.8 Å². The number of benzene rings is 2. The number of hydrogen-bond donors (Lipinski definition) is 2. The molecule has 11 heteroatoms. The molecule has 0 aliphatic carbocycles. The summed E-state index contributed by atoms with van der Waals surface area (Å²) < 4.78 is 45.7. The van der Waals surface area contributed by atoms with Gasteiger partial charge in [0, 0.05) is 28.5 Å². The Bertz CT molecular complexity index is 1060. The smallest absolute Gasteiger partial charge is 0.375 e. The Morgan fingerprint density at radius 1 is 1.03 bits per heavy atom. The van der Waals surface area contributed by atoms with Crippen LogP contribution in [0.15, 0.2) is 53.1 Å². The summed E-state index contributed by atoms with van der Waals surface area (Å²) >= 11 is 11.5. The van der Waals surface area contributed by atoms with Gasteiger partial charge in [-0.3, -0.25) is 4.79 Å². The summed E-state index contributed by atoms with van der Waals surface area (Å²) in [5.41, 5.74) is -2.96. The minimum atomic E-state index is -5.00. The van der Waals surface area contributed by atoms with Gasteiger partial charge in [-0.2, -0.15) is 18.2 Å². The van der Waals surface area contributed by atoms with Crippen LogP contribution in [0.25, 0.3) is 11.4 Å². The van der Waals surface area contributed by atoms with Crippen LogP contribution >= 0.6 is 23.2 Å². The molecule has 0 radical (unpaired) electrons. The monoisotopic (exact) mass is 487 g/mol. The standard InChI is InChI=1S/C21H18Cl2F3N3O3/c22-15-8-4-13(5-9-15)19-28-18(32-29-19)3-1-2-17(30)27-12-20(31,21(24,25)26)14-6-10-16(23)11-7-14/h4-11,31H,1-3,12H2,(H,27,30). The number of rotatable bonds is 8. The van der Waals surface area contributed by atoms with E-state index in [9.17, 15) is 23.1 Å². The Morgan fingerprint density at radius 2 is 1.62 bits per heavy atom. The molecule has 1 amide bonds. The number of halogens is 5. The highest BCUT2D eigenvalue weighted by Gasteiger charge is 2.55. The van der Waals surface area contributed by atoms with Crippen LogP contribution in [0.3, 0.4) is 0 Å². The SMILES string of the molecule is O=C(CCCc1nc(-c2ccc(Cl)cc2)no1)NCC(O)(c1ccc(Cl)cc1)C(F)(F)F. The van der Waals surface area contributed by atoms with Gasteiger partial charge in [-0.25, -0.2) is 0 Å². The minimum absolute atomic E-state index is 0.0901. The lowest BCUT2D eigenvalue weighted by molar-refractivity contribution is -0.264. The molecule has 1 aromatic heterocycles. The minimum Gasteiger partial charge on any atom is -0.375 e. The number of carbonyl (C=O) groups excluding carboxylic acids is 1. The molecule has 3 aromatic rings. The molecule has 1 unspecified atom stereocenters.